The van der Waals surface area contributed by atoms with Crippen LogP contribution in [0.25, 0.3) is 0 Å². The first kappa shape index (κ1) is 19.3. The van der Waals surface area contributed by atoms with Crippen LogP contribution in [0.5, 0.6) is 11.5 Å². The Bertz CT molecular complexity index is 789. The molecule has 0 atom stereocenters. The van der Waals surface area contributed by atoms with Gasteiger partial charge in [-0.3, -0.25) is 9.59 Å². The van der Waals surface area contributed by atoms with E-state index in [1.54, 1.807) is 26.4 Å². The third kappa shape index (κ3) is 5.24. The standard InChI is InChI=1S/C20H24N2O4/c1-14-6-5-7-17(10-14)21-20(24)13-22(15(2)23)12-16-8-9-18(25-3)19(11-16)26-4/h5-11H,12-13H2,1-4H3,(H,21,24). The number of hydrogen-bond acceptors (Lipinski definition) is 4. The fourth-order valence-electron chi connectivity index (χ4n) is 2.57. The molecule has 0 saturated heterocycles. The van der Waals surface area contributed by atoms with Gasteiger partial charge < -0.3 is 19.7 Å². The summed E-state index contributed by atoms with van der Waals surface area (Å²) in [4.78, 5) is 25.7. The first-order valence-corrected chi connectivity index (χ1v) is 8.26. The fraction of sp³-hybridized carbons (Fsp3) is 0.300. The van der Waals surface area contributed by atoms with Gasteiger partial charge in [0, 0.05) is 19.2 Å². The summed E-state index contributed by atoms with van der Waals surface area (Å²) in [7, 11) is 3.12. The van der Waals surface area contributed by atoms with E-state index in [0.717, 1.165) is 11.1 Å². The van der Waals surface area contributed by atoms with Crippen molar-refractivity contribution in [3.05, 3.63) is 53.6 Å². The van der Waals surface area contributed by atoms with Crippen molar-refractivity contribution in [2.75, 3.05) is 26.1 Å². The third-order valence-corrected chi connectivity index (χ3v) is 3.90. The molecule has 2 aromatic rings. The fourth-order valence-corrected chi connectivity index (χ4v) is 2.57. The van der Waals surface area contributed by atoms with E-state index in [2.05, 4.69) is 5.32 Å². The largest absolute Gasteiger partial charge is 0.493 e. The highest BCUT2D eigenvalue weighted by Gasteiger charge is 2.15. The molecule has 0 fully saturated rings. The number of benzene rings is 2. The monoisotopic (exact) mass is 356 g/mol. The molecule has 0 radical (unpaired) electrons. The summed E-state index contributed by atoms with van der Waals surface area (Å²) < 4.78 is 10.5. The van der Waals surface area contributed by atoms with Crippen molar-refractivity contribution in [1.29, 1.82) is 0 Å². The van der Waals surface area contributed by atoms with E-state index in [9.17, 15) is 9.59 Å². The maximum atomic E-state index is 12.3. The number of methoxy groups -OCH3 is 2. The summed E-state index contributed by atoms with van der Waals surface area (Å²) in [5, 5.41) is 2.82. The average molecular weight is 356 g/mol. The maximum Gasteiger partial charge on any atom is 0.244 e. The molecule has 6 nitrogen and oxygen atoms in total. The van der Waals surface area contributed by atoms with Crippen LogP contribution in [0.2, 0.25) is 0 Å². The first-order chi connectivity index (χ1) is 12.4. The number of aryl methyl sites for hydroxylation is 1. The Morgan fingerprint density at radius 3 is 2.38 bits per heavy atom. The Morgan fingerprint density at radius 2 is 1.77 bits per heavy atom. The zero-order chi connectivity index (χ0) is 19.1. The summed E-state index contributed by atoms with van der Waals surface area (Å²) >= 11 is 0. The summed E-state index contributed by atoms with van der Waals surface area (Å²) in [6, 6.07) is 12.9. The van der Waals surface area contributed by atoms with E-state index in [1.165, 1.54) is 11.8 Å². The number of nitrogens with zero attached hydrogens (tertiary/aromatic N) is 1. The van der Waals surface area contributed by atoms with E-state index < -0.39 is 0 Å². The second-order valence-electron chi connectivity index (χ2n) is 5.98. The van der Waals surface area contributed by atoms with E-state index in [4.69, 9.17) is 9.47 Å². The molecule has 0 bridgehead atoms. The molecule has 2 aromatic carbocycles. The molecule has 0 saturated carbocycles. The predicted molar refractivity (Wildman–Crippen MR) is 100 cm³/mol. The zero-order valence-electron chi connectivity index (χ0n) is 15.5. The number of carbonyl (C=O) groups excluding carboxylic acids is 2. The van der Waals surface area contributed by atoms with Gasteiger partial charge in [0.15, 0.2) is 11.5 Å². The quantitative estimate of drug-likeness (QED) is 0.828. The van der Waals surface area contributed by atoms with Crippen molar-refractivity contribution in [2.45, 2.75) is 20.4 Å². The minimum atomic E-state index is -0.244. The molecule has 0 aliphatic carbocycles. The minimum absolute atomic E-state index is 0.0301. The Balaban J connectivity index is 2.07. The van der Waals surface area contributed by atoms with Crippen LogP contribution in [0.3, 0.4) is 0 Å². The number of rotatable bonds is 7. The smallest absolute Gasteiger partial charge is 0.244 e. The van der Waals surface area contributed by atoms with Crippen LogP contribution < -0.4 is 14.8 Å². The highest BCUT2D eigenvalue weighted by atomic mass is 16.5. The van der Waals surface area contributed by atoms with Crippen LogP contribution in [0, 0.1) is 6.92 Å². The summed E-state index contributed by atoms with van der Waals surface area (Å²) in [6.45, 7) is 3.67. The number of hydrogen-bond donors (Lipinski definition) is 1. The number of ether oxygens (including phenoxy) is 2. The Morgan fingerprint density at radius 1 is 1.04 bits per heavy atom. The molecule has 2 rings (SSSR count). The lowest BCUT2D eigenvalue weighted by molar-refractivity contribution is -0.133. The van der Waals surface area contributed by atoms with E-state index in [-0.39, 0.29) is 18.4 Å². The van der Waals surface area contributed by atoms with Gasteiger partial charge in [0.1, 0.15) is 6.54 Å². The van der Waals surface area contributed by atoms with Crippen molar-refractivity contribution in [2.24, 2.45) is 0 Å². The lowest BCUT2D eigenvalue weighted by Crippen LogP contribution is -2.36. The third-order valence-electron chi connectivity index (χ3n) is 3.90. The predicted octanol–water partition coefficient (Wildman–Crippen LogP) is 3.00. The van der Waals surface area contributed by atoms with Gasteiger partial charge in [-0.2, -0.15) is 0 Å². The summed E-state index contributed by atoms with van der Waals surface area (Å²) in [5.74, 6) is 0.769. The van der Waals surface area contributed by atoms with Crippen LogP contribution in [-0.4, -0.2) is 37.5 Å². The molecule has 0 unspecified atom stereocenters. The SMILES string of the molecule is COc1ccc(CN(CC(=O)Nc2cccc(C)c2)C(C)=O)cc1OC. The topological polar surface area (TPSA) is 67.9 Å². The van der Waals surface area contributed by atoms with Gasteiger partial charge in [-0.1, -0.05) is 18.2 Å². The summed E-state index contributed by atoms with van der Waals surface area (Å²) in [6.07, 6.45) is 0. The molecule has 6 heteroatoms. The highest BCUT2D eigenvalue weighted by Crippen LogP contribution is 2.28. The highest BCUT2D eigenvalue weighted by molar-refractivity contribution is 5.94. The molecule has 0 heterocycles. The van der Waals surface area contributed by atoms with Crippen molar-refractivity contribution >= 4 is 17.5 Å². The van der Waals surface area contributed by atoms with Crippen LogP contribution >= 0.6 is 0 Å². The molecule has 0 spiro atoms. The lowest BCUT2D eigenvalue weighted by Gasteiger charge is -2.21. The van der Waals surface area contributed by atoms with Gasteiger partial charge in [0.25, 0.3) is 0 Å². The minimum Gasteiger partial charge on any atom is -0.493 e. The van der Waals surface area contributed by atoms with Crippen molar-refractivity contribution in [1.82, 2.24) is 4.90 Å². The Labute approximate surface area is 153 Å². The molecule has 2 amide bonds. The van der Waals surface area contributed by atoms with Crippen molar-refractivity contribution in [3.8, 4) is 11.5 Å². The van der Waals surface area contributed by atoms with Gasteiger partial charge in [-0.15, -0.1) is 0 Å². The lowest BCUT2D eigenvalue weighted by atomic mass is 10.2. The number of nitrogens with one attached hydrogen (secondary N) is 1. The van der Waals surface area contributed by atoms with Gasteiger partial charge in [0.05, 0.1) is 14.2 Å². The van der Waals surface area contributed by atoms with Crippen molar-refractivity contribution < 1.29 is 19.1 Å². The van der Waals surface area contributed by atoms with E-state index in [0.29, 0.717) is 23.7 Å². The second-order valence-corrected chi connectivity index (χ2v) is 5.98. The van der Waals surface area contributed by atoms with Gasteiger partial charge in [0.2, 0.25) is 11.8 Å². The van der Waals surface area contributed by atoms with Crippen LogP contribution in [-0.2, 0) is 16.1 Å². The van der Waals surface area contributed by atoms with Gasteiger partial charge >= 0.3 is 0 Å². The molecule has 138 valence electrons. The molecular formula is C20H24N2O4. The number of carbonyl (C=O) groups is 2. The molecule has 1 N–H and O–H groups in total. The Kier molecular flexibility index (Phi) is 6.60. The number of anilines is 1. The molecular weight excluding hydrogens is 332 g/mol. The van der Waals surface area contributed by atoms with Crippen LogP contribution in [0.1, 0.15) is 18.1 Å². The summed E-state index contributed by atoms with van der Waals surface area (Å²) in [5.41, 5.74) is 2.61. The van der Waals surface area contributed by atoms with E-state index >= 15 is 0 Å². The van der Waals surface area contributed by atoms with Crippen molar-refractivity contribution in [3.63, 3.8) is 0 Å². The Hall–Kier alpha value is -3.02. The second kappa shape index (κ2) is 8.89. The molecule has 26 heavy (non-hydrogen) atoms. The number of amides is 2. The maximum absolute atomic E-state index is 12.3. The van der Waals surface area contributed by atoms with Crippen LogP contribution in [0.15, 0.2) is 42.5 Å². The van der Waals surface area contributed by atoms with Gasteiger partial charge in [-0.25, -0.2) is 0 Å². The first-order valence-electron chi connectivity index (χ1n) is 8.26. The molecule has 0 aromatic heterocycles. The molecule has 0 aliphatic heterocycles. The zero-order valence-corrected chi connectivity index (χ0v) is 15.5. The average Bonchev–Trinajstić information content (AvgIpc) is 2.60. The molecule has 0 aliphatic rings. The normalized spacial score (nSPS) is 10.2. The van der Waals surface area contributed by atoms with Gasteiger partial charge in [-0.05, 0) is 42.3 Å². The van der Waals surface area contributed by atoms with E-state index in [1.807, 2.05) is 37.3 Å². The van der Waals surface area contributed by atoms with Crippen LogP contribution in [0.4, 0.5) is 5.69 Å².